The van der Waals surface area contributed by atoms with Gasteiger partial charge in [-0.1, -0.05) is 126 Å². The average Bonchev–Trinajstić information content (AvgIpc) is 3.82. The number of ketones is 1. The van der Waals surface area contributed by atoms with Crippen molar-refractivity contribution in [2.24, 2.45) is 5.16 Å². The Hall–Kier alpha value is -7.52. The van der Waals surface area contributed by atoms with Gasteiger partial charge in [0.2, 0.25) is 5.78 Å². The Morgan fingerprint density at radius 2 is 0.921 bits per heavy atom. The van der Waals surface area contributed by atoms with Crippen molar-refractivity contribution in [3.05, 3.63) is 213 Å². The van der Waals surface area contributed by atoms with E-state index in [-0.39, 0.29) is 35.9 Å². The molecule has 6 aromatic carbocycles. The zero-order chi connectivity index (χ0) is 44.0. The summed E-state index contributed by atoms with van der Waals surface area (Å²) in [6.07, 6.45) is 3.61. The van der Waals surface area contributed by atoms with Crippen molar-refractivity contribution < 1.29 is 38.5 Å². The van der Waals surface area contributed by atoms with Crippen molar-refractivity contribution >= 4 is 34.6 Å². The van der Waals surface area contributed by atoms with Gasteiger partial charge in [-0.25, -0.2) is 9.59 Å². The van der Waals surface area contributed by atoms with Gasteiger partial charge in [0.25, 0.3) is 0 Å². The van der Waals surface area contributed by atoms with Crippen molar-refractivity contribution in [3.8, 4) is 11.5 Å². The Balaban J connectivity index is 0.000000189. The maximum Gasteiger partial charge on any atom is 0.342 e. The Morgan fingerprint density at radius 3 is 1.38 bits per heavy atom. The molecule has 0 saturated carbocycles. The van der Waals surface area contributed by atoms with Crippen LogP contribution in [0.15, 0.2) is 174 Å². The zero-order valence-corrected chi connectivity index (χ0v) is 35.4. The summed E-state index contributed by atoms with van der Waals surface area (Å²) in [5, 5.41) is 13.3. The number of hydrogen-bond acceptors (Lipinski definition) is 9. The lowest BCUT2D eigenvalue weighted by Gasteiger charge is -2.10. The van der Waals surface area contributed by atoms with Crippen molar-refractivity contribution in [1.82, 2.24) is 0 Å². The van der Waals surface area contributed by atoms with Gasteiger partial charge in [-0.05, 0) is 109 Å². The molecule has 9 heteroatoms. The van der Waals surface area contributed by atoms with Crippen LogP contribution in [-0.2, 0) is 31.9 Å². The van der Waals surface area contributed by atoms with Gasteiger partial charge in [0.1, 0.15) is 22.8 Å². The molecule has 0 aromatic heterocycles. The van der Waals surface area contributed by atoms with Gasteiger partial charge in [-0.15, -0.1) is 0 Å². The number of esters is 2. The van der Waals surface area contributed by atoms with E-state index < -0.39 is 11.9 Å². The van der Waals surface area contributed by atoms with E-state index in [4.69, 9.17) is 18.9 Å². The second-order valence-corrected chi connectivity index (χ2v) is 14.7. The Bertz CT molecular complexity index is 2640. The van der Waals surface area contributed by atoms with E-state index in [0.29, 0.717) is 47.0 Å². The van der Waals surface area contributed by atoms with Crippen LogP contribution in [0.3, 0.4) is 0 Å². The number of carbonyl (C=O) groups is 3. The maximum atomic E-state index is 13.1. The van der Waals surface area contributed by atoms with Gasteiger partial charge < -0.3 is 24.2 Å². The normalized spacial score (nSPS) is 13.2. The second kappa shape index (κ2) is 21.3. The molecule has 0 saturated heterocycles. The number of benzene rings is 6. The van der Waals surface area contributed by atoms with Crippen LogP contribution in [0.2, 0.25) is 0 Å². The summed E-state index contributed by atoms with van der Waals surface area (Å²) in [7, 11) is 0. The first-order valence-corrected chi connectivity index (χ1v) is 21.2. The number of rotatable bonds is 16. The van der Waals surface area contributed by atoms with Crippen LogP contribution in [-0.4, -0.2) is 55.1 Å². The first-order valence-electron chi connectivity index (χ1n) is 21.2. The third-order valence-electron chi connectivity index (χ3n) is 10.6. The van der Waals surface area contributed by atoms with E-state index in [1.165, 1.54) is 11.1 Å². The SMILES string of the molecule is CCOC(=O)C1=C(c2ccccc2)c2ccc(OCCCc3ccccc3)cc2/C1=N/O.CCOC(=O)C1=C(c2ccccc2)c2ccc(OCCCc3ccccc3)cc2C1=O. The van der Waals surface area contributed by atoms with Crippen molar-refractivity contribution in [1.29, 1.82) is 0 Å². The molecule has 0 unspecified atom stereocenters. The molecular weight excluding hydrogens is 791 g/mol. The molecule has 0 radical (unpaired) electrons. The van der Waals surface area contributed by atoms with Crippen LogP contribution in [0.25, 0.3) is 11.1 Å². The van der Waals surface area contributed by atoms with Crippen LogP contribution in [0.1, 0.15) is 76.0 Å². The first-order chi connectivity index (χ1) is 30.9. The van der Waals surface area contributed by atoms with E-state index in [2.05, 4.69) is 29.4 Å². The minimum Gasteiger partial charge on any atom is -0.494 e. The number of hydrogen-bond donors (Lipinski definition) is 1. The molecule has 9 nitrogen and oxygen atoms in total. The Morgan fingerprint density at radius 1 is 0.508 bits per heavy atom. The minimum atomic E-state index is -0.590. The molecule has 6 aromatic rings. The highest BCUT2D eigenvalue weighted by molar-refractivity contribution is 6.37. The van der Waals surface area contributed by atoms with Gasteiger partial charge in [0.15, 0.2) is 0 Å². The first kappa shape index (κ1) is 43.6. The minimum absolute atomic E-state index is 0.0873. The zero-order valence-electron chi connectivity index (χ0n) is 35.4. The molecule has 0 aliphatic heterocycles. The van der Waals surface area contributed by atoms with E-state index in [9.17, 15) is 19.6 Å². The summed E-state index contributed by atoms with van der Waals surface area (Å²) in [4.78, 5) is 38.6. The number of oxime groups is 1. The highest BCUT2D eigenvalue weighted by Gasteiger charge is 2.37. The molecule has 63 heavy (non-hydrogen) atoms. The van der Waals surface area contributed by atoms with Gasteiger partial charge in [-0.3, -0.25) is 4.79 Å². The molecular formula is C54H49NO8. The van der Waals surface area contributed by atoms with Crippen molar-refractivity contribution in [2.45, 2.75) is 39.5 Å². The third-order valence-corrected chi connectivity index (χ3v) is 10.6. The van der Waals surface area contributed by atoms with Gasteiger partial charge >= 0.3 is 11.9 Å². The van der Waals surface area contributed by atoms with Crippen LogP contribution < -0.4 is 9.47 Å². The number of aryl methyl sites for hydroxylation is 2. The lowest BCUT2D eigenvalue weighted by Crippen LogP contribution is -2.15. The third kappa shape index (κ3) is 10.3. The molecule has 318 valence electrons. The standard InChI is InChI=1S/C27H25NO4.C27H24O4/c1-2-31-27(29)25-24(20-13-7-4-8-14-20)22-16-15-21(18-23(22)26(25)28-30)32-17-9-12-19-10-5-3-6-11-19;1-2-30-27(29)25-24(20-13-7-4-8-14-20)22-16-15-21(18-23(22)26(25)28)31-17-9-12-19-10-5-3-6-11-19/h3-8,10-11,13-16,18,30H,2,9,12,17H2,1H3;3-8,10-11,13-16,18H,2,9,12,17H2,1H3/b28-26-;. The molecule has 8 rings (SSSR count). The van der Waals surface area contributed by atoms with Crippen molar-refractivity contribution in [3.63, 3.8) is 0 Å². The average molecular weight is 840 g/mol. The van der Waals surface area contributed by atoms with E-state index in [0.717, 1.165) is 47.9 Å². The second-order valence-electron chi connectivity index (χ2n) is 14.7. The summed E-state index contributed by atoms with van der Waals surface area (Å²) < 4.78 is 22.3. The maximum absolute atomic E-state index is 13.1. The summed E-state index contributed by atoms with van der Waals surface area (Å²) in [6, 6.07) is 50.6. The van der Waals surface area contributed by atoms with E-state index in [1.807, 2.05) is 127 Å². The fourth-order valence-corrected chi connectivity index (χ4v) is 7.75. The van der Waals surface area contributed by atoms with Crippen LogP contribution in [0, 0.1) is 0 Å². The molecule has 0 amide bonds. The highest BCUT2D eigenvalue weighted by Crippen LogP contribution is 2.41. The quantitative estimate of drug-likeness (QED) is 0.0336. The molecule has 0 spiro atoms. The van der Waals surface area contributed by atoms with Crippen LogP contribution >= 0.6 is 0 Å². The number of carbonyl (C=O) groups excluding carboxylic acids is 3. The van der Waals surface area contributed by atoms with E-state index >= 15 is 0 Å². The summed E-state index contributed by atoms with van der Waals surface area (Å²) in [6.45, 7) is 5.03. The molecule has 2 aliphatic rings. The largest absolute Gasteiger partial charge is 0.494 e. The highest BCUT2D eigenvalue weighted by atomic mass is 16.5. The predicted molar refractivity (Wildman–Crippen MR) is 244 cm³/mol. The van der Waals surface area contributed by atoms with Gasteiger partial charge in [0, 0.05) is 22.3 Å². The lowest BCUT2D eigenvalue weighted by atomic mass is 9.97. The smallest absolute Gasteiger partial charge is 0.342 e. The molecule has 0 atom stereocenters. The molecule has 0 fully saturated rings. The Labute approximate surface area is 367 Å². The topological polar surface area (TPSA) is 121 Å². The summed E-state index contributed by atoms with van der Waals surface area (Å²) >= 11 is 0. The number of fused-ring (bicyclic) bond motifs is 2. The van der Waals surface area contributed by atoms with Crippen LogP contribution in [0.4, 0.5) is 0 Å². The summed E-state index contributed by atoms with van der Waals surface area (Å²) in [5.74, 6) is -0.135. The molecule has 2 aliphatic carbocycles. The number of ether oxygens (including phenoxy) is 4. The molecule has 0 bridgehead atoms. The summed E-state index contributed by atoms with van der Waals surface area (Å²) in [5.41, 5.74) is 8.74. The van der Waals surface area contributed by atoms with Crippen LogP contribution in [0.5, 0.6) is 11.5 Å². The fourth-order valence-electron chi connectivity index (χ4n) is 7.75. The Kier molecular flexibility index (Phi) is 14.7. The number of nitrogens with zero attached hydrogens (tertiary/aromatic N) is 1. The van der Waals surface area contributed by atoms with Gasteiger partial charge in [-0.2, -0.15) is 0 Å². The number of Topliss-reactive ketones (excluding diaryl/α,β-unsaturated/α-hetero) is 1. The van der Waals surface area contributed by atoms with E-state index in [1.54, 1.807) is 19.9 Å². The fraction of sp³-hybridized carbons (Fsp3) is 0.185. The predicted octanol–water partition coefficient (Wildman–Crippen LogP) is 10.5. The molecule has 1 N–H and O–H groups in total. The molecule has 0 heterocycles. The monoisotopic (exact) mass is 839 g/mol. The van der Waals surface area contributed by atoms with Gasteiger partial charge in [0.05, 0.1) is 32.0 Å². The van der Waals surface area contributed by atoms with Crippen molar-refractivity contribution in [2.75, 3.05) is 26.4 Å². The lowest BCUT2D eigenvalue weighted by molar-refractivity contribution is -0.138.